The van der Waals surface area contributed by atoms with Crippen molar-refractivity contribution in [3.63, 3.8) is 0 Å². The van der Waals surface area contributed by atoms with E-state index in [0.29, 0.717) is 0 Å². The number of carbonyl (C=O) groups is 1. The van der Waals surface area contributed by atoms with Crippen molar-refractivity contribution in [3.8, 4) is 0 Å². The highest BCUT2D eigenvalue weighted by Gasteiger charge is 2.28. The molecule has 1 aliphatic heterocycles. The molecule has 13 heavy (non-hydrogen) atoms. The van der Waals surface area contributed by atoms with Crippen molar-refractivity contribution in [2.24, 2.45) is 0 Å². The summed E-state index contributed by atoms with van der Waals surface area (Å²) in [5.41, 5.74) is -0.499. The number of aliphatic hydroxyl groups excluding tert-OH is 1. The van der Waals surface area contributed by atoms with E-state index in [1.54, 1.807) is 23.5 Å². The summed E-state index contributed by atoms with van der Waals surface area (Å²) in [6.07, 6.45) is 0. The summed E-state index contributed by atoms with van der Waals surface area (Å²) in [4.78, 5) is 11.6. The molecule has 0 spiro atoms. The zero-order chi connectivity index (χ0) is 9.90. The van der Waals surface area contributed by atoms with Crippen LogP contribution in [-0.2, 0) is 4.79 Å². The van der Waals surface area contributed by atoms with Crippen LogP contribution in [-0.4, -0.2) is 39.2 Å². The molecule has 1 aliphatic rings. The normalized spacial score (nSPS) is 19.0. The summed E-state index contributed by atoms with van der Waals surface area (Å²) in [5.74, 6) is 2.12. The van der Waals surface area contributed by atoms with Crippen LogP contribution in [0.2, 0.25) is 0 Å². The number of aliphatic hydroxyl groups is 1. The number of nitrogens with one attached hydrogen (secondary N) is 1. The van der Waals surface area contributed by atoms with E-state index in [-0.39, 0.29) is 17.1 Å². The maximum absolute atomic E-state index is 11.6. The van der Waals surface area contributed by atoms with Crippen molar-refractivity contribution in [1.29, 1.82) is 0 Å². The topological polar surface area (TPSA) is 49.3 Å². The van der Waals surface area contributed by atoms with Crippen LogP contribution < -0.4 is 5.32 Å². The Kier molecular flexibility index (Phi) is 3.94. The molecule has 0 radical (unpaired) electrons. The molecule has 1 heterocycles. The Morgan fingerprint density at radius 2 is 2.08 bits per heavy atom. The van der Waals surface area contributed by atoms with Crippen LogP contribution >= 0.6 is 23.5 Å². The maximum Gasteiger partial charge on any atom is 0.243 e. The second-order valence-corrected chi connectivity index (χ2v) is 6.33. The van der Waals surface area contributed by atoms with E-state index in [9.17, 15) is 4.79 Å². The van der Waals surface area contributed by atoms with Gasteiger partial charge in [-0.1, -0.05) is 0 Å². The highest BCUT2D eigenvalue weighted by atomic mass is 32.2. The van der Waals surface area contributed by atoms with Gasteiger partial charge in [-0.2, -0.15) is 0 Å². The van der Waals surface area contributed by atoms with E-state index in [2.05, 4.69) is 5.32 Å². The molecule has 0 aromatic rings. The number of rotatable bonds is 3. The first-order valence-electron chi connectivity index (χ1n) is 4.21. The van der Waals surface area contributed by atoms with Crippen LogP contribution in [0.5, 0.6) is 0 Å². The van der Waals surface area contributed by atoms with Gasteiger partial charge in [0, 0.05) is 11.5 Å². The molecule has 0 bridgehead atoms. The maximum atomic E-state index is 11.6. The van der Waals surface area contributed by atoms with E-state index < -0.39 is 5.54 Å². The van der Waals surface area contributed by atoms with Crippen molar-refractivity contribution < 1.29 is 9.90 Å². The highest BCUT2D eigenvalue weighted by Crippen LogP contribution is 2.32. The van der Waals surface area contributed by atoms with Crippen LogP contribution in [0.3, 0.4) is 0 Å². The summed E-state index contributed by atoms with van der Waals surface area (Å²) in [5, 5.41) is 11.8. The van der Waals surface area contributed by atoms with Gasteiger partial charge in [0.25, 0.3) is 0 Å². The summed E-state index contributed by atoms with van der Waals surface area (Å²) >= 11 is 3.34. The Labute approximate surface area is 87.0 Å². The Bertz CT molecular complexity index is 191. The molecule has 0 aliphatic carbocycles. The highest BCUT2D eigenvalue weighted by molar-refractivity contribution is 8.21. The molecule has 3 nitrogen and oxygen atoms in total. The van der Waals surface area contributed by atoms with E-state index in [4.69, 9.17) is 5.11 Å². The number of hydrogen-bond donors (Lipinski definition) is 2. The molecule has 0 atom stereocenters. The predicted octanol–water partition coefficient (Wildman–Crippen LogP) is 0.680. The average molecular weight is 221 g/mol. The number of amides is 1. The molecule has 1 fully saturated rings. The van der Waals surface area contributed by atoms with Gasteiger partial charge in [-0.25, -0.2) is 0 Å². The van der Waals surface area contributed by atoms with Crippen molar-refractivity contribution >= 4 is 29.4 Å². The fourth-order valence-electron chi connectivity index (χ4n) is 0.942. The summed E-state index contributed by atoms with van der Waals surface area (Å²) in [6, 6.07) is 0. The van der Waals surface area contributed by atoms with Gasteiger partial charge in [-0.15, -0.1) is 23.5 Å². The SMILES string of the molecule is CC(C)(CO)NC(=O)C1SCCS1. The van der Waals surface area contributed by atoms with Crippen molar-refractivity contribution in [1.82, 2.24) is 5.32 Å². The second kappa shape index (κ2) is 4.57. The minimum Gasteiger partial charge on any atom is -0.394 e. The first kappa shape index (κ1) is 11.2. The molecule has 1 amide bonds. The molecule has 5 heteroatoms. The minimum absolute atomic E-state index is 0.0193. The first-order chi connectivity index (χ1) is 6.05. The van der Waals surface area contributed by atoms with Crippen LogP contribution in [0.4, 0.5) is 0 Å². The lowest BCUT2D eigenvalue weighted by Crippen LogP contribution is -2.48. The molecule has 0 unspecified atom stereocenters. The monoisotopic (exact) mass is 221 g/mol. The van der Waals surface area contributed by atoms with Crippen LogP contribution in [0.25, 0.3) is 0 Å². The average Bonchev–Trinajstić information content (AvgIpc) is 2.55. The van der Waals surface area contributed by atoms with Gasteiger partial charge in [0.15, 0.2) is 0 Å². The predicted molar refractivity (Wildman–Crippen MR) is 58.0 cm³/mol. The van der Waals surface area contributed by atoms with Crippen molar-refractivity contribution in [2.45, 2.75) is 24.0 Å². The lowest BCUT2D eigenvalue weighted by atomic mass is 10.1. The Hall–Kier alpha value is 0.130. The quantitative estimate of drug-likeness (QED) is 0.736. The summed E-state index contributed by atoms with van der Waals surface area (Å²) < 4.78 is 0.0193. The standard InChI is InChI=1S/C8H15NO2S2/c1-8(2,5-10)9-6(11)7-12-3-4-13-7/h7,10H,3-5H2,1-2H3,(H,9,11). The third-order valence-corrected chi connectivity index (χ3v) is 4.68. The van der Waals surface area contributed by atoms with E-state index in [1.807, 2.05) is 13.8 Å². The van der Waals surface area contributed by atoms with Gasteiger partial charge in [-0.3, -0.25) is 4.79 Å². The third-order valence-electron chi connectivity index (χ3n) is 1.69. The van der Waals surface area contributed by atoms with Gasteiger partial charge < -0.3 is 10.4 Å². The minimum atomic E-state index is -0.499. The van der Waals surface area contributed by atoms with Crippen LogP contribution in [0.15, 0.2) is 0 Å². The molecule has 2 N–H and O–H groups in total. The molecule has 0 aromatic heterocycles. The first-order valence-corrected chi connectivity index (χ1v) is 6.31. The molecule has 0 aromatic carbocycles. The van der Waals surface area contributed by atoms with E-state index in [0.717, 1.165) is 11.5 Å². The van der Waals surface area contributed by atoms with E-state index in [1.165, 1.54) is 0 Å². The van der Waals surface area contributed by atoms with Gasteiger partial charge in [0.2, 0.25) is 5.91 Å². The largest absolute Gasteiger partial charge is 0.394 e. The van der Waals surface area contributed by atoms with Crippen LogP contribution in [0, 0.1) is 0 Å². The second-order valence-electron chi connectivity index (χ2n) is 3.60. The molecule has 0 saturated carbocycles. The molecule has 76 valence electrons. The lowest BCUT2D eigenvalue weighted by molar-refractivity contribution is -0.121. The fourth-order valence-corrected chi connectivity index (χ4v) is 3.52. The molecule has 1 rings (SSSR count). The van der Waals surface area contributed by atoms with Crippen molar-refractivity contribution in [3.05, 3.63) is 0 Å². The Morgan fingerprint density at radius 1 is 1.54 bits per heavy atom. The third kappa shape index (κ3) is 3.40. The summed E-state index contributed by atoms with van der Waals surface area (Å²) in [7, 11) is 0. The zero-order valence-electron chi connectivity index (χ0n) is 7.87. The number of hydrogen-bond acceptors (Lipinski definition) is 4. The van der Waals surface area contributed by atoms with Gasteiger partial charge in [0.05, 0.1) is 12.1 Å². The lowest BCUT2D eigenvalue weighted by Gasteiger charge is -2.24. The Morgan fingerprint density at radius 3 is 2.54 bits per heavy atom. The molecular formula is C8H15NO2S2. The summed E-state index contributed by atoms with van der Waals surface area (Å²) in [6.45, 7) is 3.60. The van der Waals surface area contributed by atoms with Crippen molar-refractivity contribution in [2.75, 3.05) is 18.1 Å². The molecule has 1 saturated heterocycles. The van der Waals surface area contributed by atoms with Crippen LogP contribution in [0.1, 0.15) is 13.8 Å². The Balaban J connectivity index is 2.40. The number of thioether (sulfide) groups is 2. The van der Waals surface area contributed by atoms with Gasteiger partial charge in [0.1, 0.15) is 4.58 Å². The zero-order valence-corrected chi connectivity index (χ0v) is 9.50. The van der Waals surface area contributed by atoms with Gasteiger partial charge >= 0.3 is 0 Å². The fraction of sp³-hybridized carbons (Fsp3) is 0.875. The van der Waals surface area contributed by atoms with E-state index >= 15 is 0 Å². The molecular weight excluding hydrogens is 206 g/mol. The smallest absolute Gasteiger partial charge is 0.243 e. The number of carbonyl (C=O) groups excluding carboxylic acids is 1. The van der Waals surface area contributed by atoms with Gasteiger partial charge in [-0.05, 0) is 13.8 Å².